The van der Waals surface area contributed by atoms with Crippen LogP contribution in [-0.2, 0) is 24.3 Å². The van der Waals surface area contributed by atoms with Gasteiger partial charge in [-0.3, -0.25) is 4.90 Å². The zero-order valence-corrected chi connectivity index (χ0v) is 14.6. The van der Waals surface area contributed by atoms with Gasteiger partial charge >= 0.3 is 0 Å². The van der Waals surface area contributed by atoms with Gasteiger partial charge in [0.1, 0.15) is 5.75 Å². The number of hydrogen-bond donors (Lipinski definition) is 0. The van der Waals surface area contributed by atoms with Crippen molar-refractivity contribution in [2.45, 2.75) is 19.6 Å². The van der Waals surface area contributed by atoms with Gasteiger partial charge in [0.15, 0.2) is 0 Å². The number of methoxy groups -OCH3 is 1. The molecular formula is C19H24N4O2. The molecule has 1 fully saturated rings. The molecular weight excluding hydrogens is 316 g/mol. The second-order valence-corrected chi connectivity index (χ2v) is 6.56. The van der Waals surface area contributed by atoms with Crippen molar-refractivity contribution >= 4 is 5.95 Å². The largest absolute Gasteiger partial charge is 0.497 e. The molecule has 0 saturated carbocycles. The first-order chi connectivity index (χ1) is 12.3. The van der Waals surface area contributed by atoms with Crippen molar-refractivity contribution in [2.75, 3.05) is 44.8 Å². The van der Waals surface area contributed by atoms with Crippen LogP contribution >= 0.6 is 0 Å². The Balaban J connectivity index is 1.34. The first kappa shape index (κ1) is 16.3. The van der Waals surface area contributed by atoms with Crippen LogP contribution in [0.2, 0.25) is 0 Å². The van der Waals surface area contributed by atoms with Crippen LogP contribution < -0.4 is 9.64 Å². The molecule has 6 nitrogen and oxygen atoms in total. The highest BCUT2D eigenvalue weighted by Crippen LogP contribution is 2.19. The van der Waals surface area contributed by atoms with Gasteiger partial charge in [-0.25, -0.2) is 9.97 Å². The molecule has 0 aliphatic carbocycles. The van der Waals surface area contributed by atoms with E-state index in [9.17, 15) is 0 Å². The molecule has 4 rings (SSSR count). The van der Waals surface area contributed by atoms with Crippen LogP contribution in [0.3, 0.4) is 0 Å². The minimum absolute atomic E-state index is 0.644. The summed E-state index contributed by atoms with van der Waals surface area (Å²) >= 11 is 0. The van der Waals surface area contributed by atoms with Crippen LogP contribution in [-0.4, -0.2) is 54.8 Å². The zero-order chi connectivity index (χ0) is 17.1. The van der Waals surface area contributed by atoms with Gasteiger partial charge in [-0.2, -0.15) is 0 Å². The van der Waals surface area contributed by atoms with Crippen LogP contribution in [0.1, 0.15) is 16.8 Å². The molecule has 6 heteroatoms. The molecule has 0 bridgehead atoms. The Morgan fingerprint density at radius 3 is 2.68 bits per heavy atom. The van der Waals surface area contributed by atoms with Crippen LogP contribution in [0.15, 0.2) is 30.5 Å². The first-order valence-electron chi connectivity index (χ1n) is 8.84. The summed E-state index contributed by atoms with van der Waals surface area (Å²) in [7, 11) is 1.70. The van der Waals surface area contributed by atoms with E-state index in [4.69, 9.17) is 14.5 Å². The van der Waals surface area contributed by atoms with Crippen LogP contribution in [0.5, 0.6) is 5.75 Å². The van der Waals surface area contributed by atoms with Crippen molar-refractivity contribution in [3.63, 3.8) is 0 Å². The number of anilines is 1. The smallest absolute Gasteiger partial charge is 0.225 e. The maximum Gasteiger partial charge on any atom is 0.225 e. The molecule has 0 N–H and O–H groups in total. The third-order valence-electron chi connectivity index (χ3n) is 4.90. The lowest BCUT2D eigenvalue weighted by molar-refractivity contribution is 0.109. The van der Waals surface area contributed by atoms with Gasteiger partial charge in [-0.1, -0.05) is 12.1 Å². The highest BCUT2D eigenvalue weighted by molar-refractivity contribution is 5.34. The molecule has 2 aromatic rings. The van der Waals surface area contributed by atoms with E-state index in [2.05, 4.69) is 26.9 Å². The number of rotatable bonds is 4. The predicted octanol–water partition coefficient (Wildman–Crippen LogP) is 1.88. The van der Waals surface area contributed by atoms with E-state index in [1.54, 1.807) is 7.11 Å². The number of fused-ring (bicyclic) bond motifs is 1. The van der Waals surface area contributed by atoms with E-state index in [0.717, 1.165) is 68.7 Å². The number of piperazine rings is 1. The van der Waals surface area contributed by atoms with Crippen molar-refractivity contribution in [3.8, 4) is 5.75 Å². The number of aromatic nitrogens is 2. The Bertz CT molecular complexity index is 712. The fraction of sp³-hybridized carbons (Fsp3) is 0.474. The Kier molecular flexibility index (Phi) is 4.81. The molecule has 1 saturated heterocycles. The van der Waals surface area contributed by atoms with Gasteiger partial charge < -0.3 is 14.4 Å². The van der Waals surface area contributed by atoms with Crippen LogP contribution in [0.4, 0.5) is 5.95 Å². The average molecular weight is 340 g/mol. The quantitative estimate of drug-likeness (QED) is 0.847. The maximum absolute atomic E-state index is 5.46. The molecule has 1 aromatic heterocycles. The molecule has 0 unspecified atom stereocenters. The summed E-state index contributed by atoms with van der Waals surface area (Å²) in [4.78, 5) is 14.1. The predicted molar refractivity (Wildman–Crippen MR) is 95.9 cm³/mol. The molecule has 132 valence electrons. The first-order valence-corrected chi connectivity index (χ1v) is 8.84. The van der Waals surface area contributed by atoms with E-state index < -0.39 is 0 Å². The molecule has 0 atom stereocenters. The number of benzene rings is 1. The molecule has 2 aliphatic rings. The van der Waals surface area contributed by atoms with Gasteiger partial charge in [0.2, 0.25) is 5.95 Å². The fourth-order valence-corrected chi connectivity index (χ4v) is 3.37. The van der Waals surface area contributed by atoms with Crippen LogP contribution in [0, 0.1) is 0 Å². The molecule has 0 radical (unpaired) electrons. The van der Waals surface area contributed by atoms with Crippen molar-refractivity contribution in [1.29, 1.82) is 0 Å². The van der Waals surface area contributed by atoms with Gasteiger partial charge in [0.25, 0.3) is 0 Å². The maximum atomic E-state index is 5.46. The molecule has 0 spiro atoms. The third-order valence-corrected chi connectivity index (χ3v) is 4.90. The van der Waals surface area contributed by atoms with Gasteiger partial charge in [-0.05, 0) is 17.7 Å². The van der Waals surface area contributed by atoms with E-state index in [-0.39, 0.29) is 0 Å². The average Bonchev–Trinajstić information content (AvgIpc) is 2.69. The molecule has 25 heavy (non-hydrogen) atoms. The summed E-state index contributed by atoms with van der Waals surface area (Å²) < 4.78 is 10.7. The Morgan fingerprint density at radius 1 is 1.12 bits per heavy atom. The molecule has 1 aromatic carbocycles. The SMILES string of the molecule is COc1ccc(CN2CCN(c3ncc4c(n3)CCOC4)CC2)cc1. The Labute approximate surface area is 148 Å². The van der Waals surface area contributed by atoms with E-state index in [1.807, 2.05) is 18.3 Å². The van der Waals surface area contributed by atoms with Gasteiger partial charge in [0.05, 0.1) is 26.0 Å². The lowest BCUT2D eigenvalue weighted by atomic mass is 10.1. The zero-order valence-electron chi connectivity index (χ0n) is 14.6. The highest BCUT2D eigenvalue weighted by atomic mass is 16.5. The second-order valence-electron chi connectivity index (χ2n) is 6.56. The van der Waals surface area contributed by atoms with E-state index in [1.165, 1.54) is 5.56 Å². The highest BCUT2D eigenvalue weighted by Gasteiger charge is 2.21. The van der Waals surface area contributed by atoms with E-state index in [0.29, 0.717) is 6.61 Å². The monoisotopic (exact) mass is 340 g/mol. The minimum atomic E-state index is 0.644. The lowest BCUT2D eigenvalue weighted by Crippen LogP contribution is -2.46. The summed E-state index contributed by atoms with van der Waals surface area (Å²) in [6, 6.07) is 8.33. The standard InChI is InChI=1S/C19H24N4O2/c1-24-17-4-2-15(3-5-17)13-22-7-9-23(10-8-22)19-20-12-16-14-25-11-6-18(16)21-19/h2-5,12H,6-11,13-14H2,1H3. The summed E-state index contributed by atoms with van der Waals surface area (Å²) in [5.74, 6) is 1.77. The van der Waals surface area contributed by atoms with Crippen LogP contribution in [0.25, 0.3) is 0 Å². The Hall–Kier alpha value is -2.18. The third kappa shape index (κ3) is 3.75. The number of hydrogen-bond acceptors (Lipinski definition) is 6. The fourth-order valence-electron chi connectivity index (χ4n) is 3.37. The van der Waals surface area contributed by atoms with Gasteiger partial charge in [-0.15, -0.1) is 0 Å². The van der Waals surface area contributed by atoms with Crippen molar-refractivity contribution < 1.29 is 9.47 Å². The topological polar surface area (TPSA) is 50.7 Å². The normalized spacial score (nSPS) is 18.0. The van der Waals surface area contributed by atoms with Gasteiger partial charge in [0, 0.05) is 50.9 Å². The Morgan fingerprint density at radius 2 is 1.92 bits per heavy atom. The number of ether oxygens (including phenoxy) is 2. The summed E-state index contributed by atoms with van der Waals surface area (Å²) in [6.45, 7) is 6.35. The molecule has 3 heterocycles. The summed E-state index contributed by atoms with van der Waals surface area (Å²) in [6.07, 6.45) is 2.82. The molecule has 0 amide bonds. The second kappa shape index (κ2) is 7.37. The lowest BCUT2D eigenvalue weighted by Gasteiger charge is -2.35. The van der Waals surface area contributed by atoms with E-state index >= 15 is 0 Å². The van der Waals surface area contributed by atoms with Crippen molar-refractivity contribution in [3.05, 3.63) is 47.3 Å². The molecule has 2 aliphatic heterocycles. The summed E-state index contributed by atoms with van der Waals surface area (Å²) in [5.41, 5.74) is 3.60. The summed E-state index contributed by atoms with van der Waals surface area (Å²) in [5, 5.41) is 0. The number of nitrogens with zero attached hydrogens (tertiary/aromatic N) is 4. The van der Waals surface area contributed by atoms with Crippen molar-refractivity contribution in [1.82, 2.24) is 14.9 Å². The van der Waals surface area contributed by atoms with Crippen molar-refractivity contribution in [2.24, 2.45) is 0 Å². The minimum Gasteiger partial charge on any atom is -0.497 e.